The molecule has 0 heterocycles. The quantitative estimate of drug-likeness (QED) is 0.741. The first kappa shape index (κ1) is 15.9. The van der Waals surface area contributed by atoms with Gasteiger partial charge >= 0.3 is 5.97 Å². The van der Waals surface area contributed by atoms with E-state index in [9.17, 15) is 4.79 Å². The highest BCUT2D eigenvalue weighted by Gasteiger charge is 2.10. The molecule has 1 unspecified atom stereocenters. The topological polar surface area (TPSA) is 61.5 Å². The number of hydrogen-bond acceptors (Lipinski definition) is 5. The Balaban J connectivity index is 2.23. The Morgan fingerprint density at radius 1 is 1.37 bits per heavy atom. The largest absolute Gasteiger partial charge is 0.497 e. The highest BCUT2D eigenvalue weighted by Crippen LogP contribution is 2.17. The molecule has 1 aromatic rings. The molecule has 1 aromatic carbocycles. The number of esters is 1. The monoisotopic (exact) mass is 283 g/mol. The van der Waals surface area contributed by atoms with Crippen molar-refractivity contribution in [2.45, 2.75) is 25.1 Å². The van der Waals surface area contributed by atoms with Gasteiger partial charge in [0.05, 0.1) is 20.1 Å². The predicted molar refractivity (Wildman–Crippen MR) is 78.4 cm³/mol. The molecule has 4 nitrogen and oxygen atoms in total. The first-order chi connectivity index (χ1) is 9.15. The van der Waals surface area contributed by atoms with Crippen LogP contribution in [-0.4, -0.2) is 31.5 Å². The van der Waals surface area contributed by atoms with Gasteiger partial charge in [-0.1, -0.05) is 12.1 Å². The van der Waals surface area contributed by atoms with E-state index in [0.29, 0.717) is 6.61 Å². The van der Waals surface area contributed by atoms with E-state index in [1.165, 1.54) is 5.56 Å². The minimum Gasteiger partial charge on any atom is -0.497 e. The van der Waals surface area contributed by atoms with Gasteiger partial charge in [0.25, 0.3) is 0 Å². The molecule has 0 aromatic heterocycles. The fraction of sp³-hybridized carbons (Fsp3) is 0.500. The Hall–Kier alpha value is -1.20. The van der Waals surface area contributed by atoms with Crippen LogP contribution >= 0.6 is 11.8 Å². The highest BCUT2D eigenvalue weighted by atomic mass is 32.2. The molecule has 1 rings (SSSR count). The molecule has 0 aliphatic heterocycles. The van der Waals surface area contributed by atoms with Crippen molar-refractivity contribution >= 4 is 17.7 Å². The van der Waals surface area contributed by atoms with E-state index in [-0.39, 0.29) is 18.4 Å². The number of thioether (sulfide) groups is 1. The fourth-order valence-electron chi connectivity index (χ4n) is 1.54. The molecule has 5 heteroatoms. The van der Waals surface area contributed by atoms with Crippen molar-refractivity contribution in [3.8, 4) is 5.75 Å². The molecule has 2 N–H and O–H groups in total. The summed E-state index contributed by atoms with van der Waals surface area (Å²) in [4.78, 5) is 11.2. The average Bonchev–Trinajstić information content (AvgIpc) is 2.39. The van der Waals surface area contributed by atoms with Crippen molar-refractivity contribution in [3.05, 3.63) is 29.8 Å². The second-order valence-corrected chi connectivity index (χ2v) is 5.16. The molecule has 0 aliphatic carbocycles. The van der Waals surface area contributed by atoms with Gasteiger partial charge in [0.1, 0.15) is 5.75 Å². The van der Waals surface area contributed by atoms with Crippen molar-refractivity contribution in [1.29, 1.82) is 0 Å². The summed E-state index contributed by atoms with van der Waals surface area (Å²) in [6.45, 7) is 2.20. The van der Waals surface area contributed by atoms with Gasteiger partial charge in [0.15, 0.2) is 0 Å². The zero-order valence-electron chi connectivity index (χ0n) is 11.4. The van der Waals surface area contributed by atoms with E-state index in [0.717, 1.165) is 17.3 Å². The molecule has 0 amide bonds. The molecule has 1 atom stereocenters. The number of methoxy groups -OCH3 is 1. The first-order valence-corrected chi connectivity index (χ1v) is 7.43. The van der Waals surface area contributed by atoms with Crippen LogP contribution in [0.2, 0.25) is 0 Å². The summed E-state index contributed by atoms with van der Waals surface area (Å²) in [5.74, 6) is 2.25. The van der Waals surface area contributed by atoms with Crippen LogP contribution < -0.4 is 10.5 Å². The standard InChI is InChI=1S/C14H21NO3S/c1-3-18-14(16)8-12(15)10-19-9-11-4-6-13(17-2)7-5-11/h4-7,12H,3,8-10,15H2,1-2H3. The Morgan fingerprint density at radius 3 is 2.63 bits per heavy atom. The first-order valence-electron chi connectivity index (χ1n) is 6.27. The molecule has 0 spiro atoms. The number of carbonyl (C=O) groups excluding carboxylic acids is 1. The maximum absolute atomic E-state index is 11.2. The highest BCUT2D eigenvalue weighted by molar-refractivity contribution is 7.98. The van der Waals surface area contributed by atoms with Gasteiger partial charge in [0, 0.05) is 17.5 Å². The maximum atomic E-state index is 11.2. The molecule has 0 radical (unpaired) electrons. The minimum atomic E-state index is -0.222. The second kappa shape index (κ2) is 8.82. The number of hydrogen-bond donors (Lipinski definition) is 1. The van der Waals surface area contributed by atoms with Gasteiger partial charge in [-0.15, -0.1) is 0 Å². The van der Waals surface area contributed by atoms with Crippen molar-refractivity contribution in [3.63, 3.8) is 0 Å². The Kier molecular flexibility index (Phi) is 7.36. The van der Waals surface area contributed by atoms with Crippen LogP contribution in [0, 0.1) is 0 Å². The molecule has 0 bridgehead atoms. The molecule has 0 saturated heterocycles. The molecule has 19 heavy (non-hydrogen) atoms. The fourth-order valence-corrected chi connectivity index (χ4v) is 2.51. The molecule has 0 aliphatic rings. The van der Waals surface area contributed by atoms with E-state index in [2.05, 4.69) is 0 Å². The van der Waals surface area contributed by atoms with Crippen LogP contribution in [0.3, 0.4) is 0 Å². The second-order valence-electron chi connectivity index (χ2n) is 4.13. The minimum absolute atomic E-state index is 0.151. The summed E-state index contributed by atoms with van der Waals surface area (Å²) in [5, 5.41) is 0. The van der Waals surface area contributed by atoms with Crippen molar-refractivity contribution < 1.29 is 14.3 Å². The van der Waals surface area contributed by atoms with Gasteiger partial charge in [-0.2, -0.15) is 11.8 Å². The van der Waals surface area contributed by atoms with Crippen molar-refractivity contribution in [2.75, 3.05) is 19.5 Å². The average molecular weight is 283 g/mol. The van der Waals surface area contributed by atoms with Crippen molar-refractivity contribution in [2.24, 2.45) is 5.73 Å². The number of rotatable bonds is 8. The summed E-state index contributed by atoms with van der Waals surface area (Å²) in [7, 11) is 1.65. The van der Waals surface area contributed by atoms with Crippen LogP contribution in [-0.2, 0) is 15.3 Å². The van der Waals surface area contributed by atoms with E-state index in [1.807, 2.05) is 24.3 Å². The van der Waals surface area contributed by atoms with Crippen LogP contribution in [0.1, 0.15) is 18.9 Å². The van der Waals surface area contributed by atoms with Crippen LogP contribution in [0.15, 0.2) is 24.3 Å². The Bertz CT molecular complexity index is 381. The smallest absolute Gasteiger partial charge is 0.307 e. The lowest BCUT2D eigenvalue weighted by Gasteiger charge is -2.10. The third-order valence-electron chi connectivity index (χ3n) is 2.49. The SMILES string of the molecule is CCOC(=O)CC(N)CSCc1ccc(OC)cc1. The molecular formula is C14H21NO3S. The normalized spacial score (nSPS) is 11.9. The summed E-state index contributed by atoms with van der Waals surface area (Å²) in [6, 6.07) is 7.79. The summed E-state index contributed by atoms with van der Waals surface area (Å²) in [6.07, 6.45) is 0.281. The van der Waals surface area contributed by atoms with Gasteiger partial charge < -0.3 is 15.2 Å². The lowest BCUT2D eigenvalue weighted by atomic mass is 10.2. The van der Waals surface area contributed by atoms with Crippen molar-refractivity contribution in [1.82, 2.24) is 0 Å². The lowest BCUT2D eigenvalue weighted by Crippen LogP contribution is -2.27. The lowest BCUT2D eigenvalue weighted by molar-refractivity contribution is -0.143. The van der Waals surface area contributed by atoms with E-state index in [1.54, 1.807) is 25.8 Å². The third kappa shape index (κ3) is 6.50. The van der Waals surface area contributed by atoms with E-state index >= 15 is 0 Å². The summed E-state index contributed by atoms with van der Waals surface area (Å²) < 4.78 is 9.96. The van der Waals surface area contributed by atoms with Crippen LogP contribution in [0.25, 0.3) is 0 Å². The Labute approximate surface area is 118 Å². The number of nitrogens with two attached hydrogens (primary N) is 1. The Morgan fingerprint density at radius 2 is 2.05 bits per heavy atom. The molecule has 0 saturated carbocycles. The maximum Gasteiger partial charge on any atom is 0.307 e. The van der Waals surface area contributed by atoms with Crippen LogP contribution in [0.4, 0.5) is 0 Å². The van der Waals surface area contributed by atoms with E-state index < -0.39 is 0 Å². The predicted octanol–water partition coefficient (Wildman–Crippen LogP) is 2.21. The van der Waals surface area contributed by atoms with E-state index in [4.69, 9.17) is 15.2 Å². The van der Waals surface area contributed by atoms with Gasteiger partial charge in [-0.05, 0) is 24.6 Å². The number of benzene rings is 1. The van der Waals surface area contributed by atoms with Gasteiger partial charge in [0.2, 0.25) is 0 Å². The molecular weight excluding hydrogens is 262 g/mol. The molecule has 0 fully saturated rings. The number of carbonyl (C=O) groups is 1. The number of ether oxygens (including phenoxy) is 2. The zero-order chi connectivity index (χ0) is 14.1. The van der Waals surface area contributed by atoms with Gasteiger partial charge in [-0.25, -0.2) is 0 Å². The zero-order valence-corrected chi connectivity index (χ0v) is 12.2. The third-order valence-corrected chi connectivity index (χ3v) is 3.70. The summed E-state index contributed by atoms with van der Waals surface area (Å²) in [5.41, 5.74) is 7.09. The molecule has 106 valence electrons. The summed E-state index contributed by atoms with van der Waals surface area (Å²) >= 11 is 1.71. The van der Waals surface area contributed by atoms with Crippen LogP contribution in [0.5, 0.6) is 5.75 Å². The van der Waals surface area contributed by atoms with Gasteiger partial charge in [-0.3, -0.25) is 4.79 Å².